The molecular weight excluding hydrogens is 168 g/mol. The van der Waals surface area contributed by atoms with E-state index in [0.29, 0.717) is 12.3 Å². The minimum absolute atomic E-state index is 0.244. The molecule has 1 atom stereocenters. The van der Waals surface area contributed by atoms with Gasteiger partial charge in [0.25, 0.3) is 0 Å². The third-order valence-corrected chi connectivity index (χ3v) is 2.54. The molecule has 1 aliphatic rings. The summed E-state index contributed by atoms with van der Waals surface area (Å²) >= 11 is 0. The van der Waals surface area contributed by atoms with Gasteiger partial charge in [-0.1, -0.05) is 0 Å². The quantitative estimate of drug-likeness (QED) is 0.626. The van der Waals surface area contributed by atoms with Gasteiger partial charge in [-0.15, -0.1) is 0 Å². The molecule has 0 aromatic carbocycles. The molecule has 0 bridgehead atoms. The maximum atomic E-state index is 10.5. The van der Waals surface area contributed by atoms with Crippen molar-refractivity contribution < 1.29 is 9.90 Å². The van der Waals surface area contributed by atoms with E-state index in [4.69, 9.17) is 10.8 Å². The summed E-state index contributed by atoms with van der Waals surface area (Å²) in [5, 5.41) is 8.97. The summed E-state index contributed by atoms with van der Waals surface area (Å²) in [6.07, 6.45) is 2.64. The van der Waals surface area contributed by atoms with Crippen LogP contribution in [0.3, 0.4) is 0 Å². The Bertz CT molecular complexity index is 173. The standard InChI is InChI=1S/C9H18N2O2/c10-9(13)3-5-11-4-1-2-8(6-11)7-12/h8,12H,1-7H2,(H2,10,13). The Morgan fingerprint density at radius 2 is 2.38 bits per heavy atom. The van der Waals surface area contributed by atoms with Gasteiger partial charge < -0.3 is 15.7 Å². The highest BCUT2D eigenvalue weighted by atomic mass is 16.3. The third kappa shape index (κ3) is 3.74. The Morgan fingerprint density at radius 1 is 1.62 bits per heavy atom. The van der Waals surface area contributed by atoms with Crippen LogP contribution in [0.15, 0.2) is 0 Å². The summed E-state index contributed by atoms with van der Waals surface area (Å²) in [5.41, 5.74) is 5.06. The molecule has 1 rings (SSSR count). The van der Waals surface area contributed by atoms with Gasteiger partial charge in [0.1, 0.15) is 0 Å². The fourth-order valence-electron chi connectivity index (χ4n) is 1.77. The number of primary amides is 1. The zero-order chi connectivity index (χ0) is 9.68. The van der Waals surface area contributed by atoms with Crippen LogP contribution in [0.5, 0.6) is 0 Å². The van der Waals surface area contributed by atoms with Crippen molar-refractivity contribution in [3.8, 4) is 0 Å². The van der Waals surface area contributed by atoms with Crippen LogP contribution in [0.2, 0.25) is 0 Å². The zero-order valence-corrected chi connectivity index (χ0v) is 7.91. The first kappa shape index (κ1) is 10.5. The summed E-state index contributed by atoms with van der Waals surface area (Å²) in [5.74, 6) is 0.146. The lowest BCUT2D eigenvalue weighted by Gasteiger charge is -2.31. The van der Waals surface area contributed by atoms with Crippen molar-refractivity contribution in [1.29, 1.82) is 0 Å². The lowest BCUT2D eigenvalue weighted by Crippen LogP contribution is -2.38. The Hall–Kier alpha value is -0.610. The molecule has 0 spiro atoms. The molecule has 1 saturated heterocycles. The molecule has 13 heavy (non-hydrogen) atoms. The van der Waals surface area contributed by atoms with Gasteiger partial charge in [-0.3, -0.25) is 4.79 Å². The van der Waals surface area contributed by atoms with E-state index < -0.39 is 0 Å². The van der Waals surface area contributed by atoms with E-state index in [1.807, 2.05) is 0 Å². The number of amides is 1. The number of hydrogen-bond donors (Lipinski definition) is 2. The van der Waals surface area contributed by atoms with Gasteiger partial charge in [0.15, 0.2) is 0 Å². The van der Waals surface area contributed by atoms with E-state index >= 15 is 0 Å². The van der Waals surface area contributed by atoms with Crippen LogP contribution >= 0.6 is 0 Å². The molecule has 76 valence electrons. The second kappa shape index (κ2) is 5.19. The molecule has 1 aliphatic heterocycles. The normalized spacial score (nSPS) is 24.5. The molecule has 1 unspecified atom stereocenters. The van der Waals surface area contributed by atoms with E-state index in [0.717, 1.165) is 32.5 Å². The van der Waals surface area contributed by atoms with E-state index in [2.05, 4.69) is 4.90 Å². The topological polar surface area (TPSA) is 66.6 Å². The summed E-state index contributed by atoms with van der Waals surface area (Å²) in [6, 6.07) is 0. The molecule has 4 heteroatoms. The number of nitrogens with two attached hydrogens (primary N) is 1. The van der Waals surface area contributed by atoms with E-state index in [1.54, 1.807) is 0 Å². The lowest BCUT2D eigenvalue weighted by atomic mass is 9.99. The maximum absolute atomic E-state index is 10.5. The summed E-state index contributed by atoms with van der Waals surface area (Å²) in [6.45, 7) is 2.94. The number of carbonyl (C=O) groups is 1. The van der Waals surface area contributed by atoms with E-state index in [1.165, 1.54) is 0 Å². The number of aliphatic hydroxyl groups excluding tert-OH is 1. The van der Waals surface area contributed by atoms with Crippen molar-refractivity contribution in [2.45, 2.75) is 19.3 Å². The SMILES string of the molecule is NC(=O)CCN1CCCC(CO)C1. The van der Waals surface area contributed by atoms with Gasteiger partial charge in [0, 0.05) is 26.1 Å². The molecular formula is C9H18N2O2. The molecule has 0 aromatic heterocycles. The Morgan fingerprint density at radius 3 is 3.00 bits per heavy atom. The van der Waals surface area contributed by atoms with Crippen LogP contribution < -0.4 is 5.73 Å². The second-order valence-electron chi connectivity index (χ2n) is 3.71. The Labute approximate surface area is 78.7 Å². The number of piperidine rings is 1. The number of nitrogens with zero attached hydrogens (tertiary/aromatic N) is 1. The third-order valence-electron chi connectivity index (χ3n) is 2.54. The molecule has 0 aliphatic carbocycles. The summed E-state index contributed by atoms with van der Waals surface area (Å²) in [4.78, 5) is 12.7. The number of aliphatic hydroxyl groups is 1. The first-order chi connectivity index (χ1) is 6.22. The lowest BCUT2D eigenvalue weighted by molar-refractivity contribution is -0.118. The fourth-order valence-corrected chi connectivity index (χ4v) is 1.77. The number of likely N-dealkylation sites (tertiary alicyclic amines) is 1. The van der Waals surface area contributed by atoms with Crippen molar-refractivity contribution >= 4 is 5.91 Å². The second-order valence-corrected chi connectivity index (χ2v) is 3.71. The number of carbonyl (C=O) groups excluding carboxylic acids is 1. The van der Waals surface area contributed by atoms with Crippen LogP contribution in [0, 0.1) is 5.92 Å². The molecule has 0 radical (unpaired) electrons. The van der Waals surface area contributed by atoms with Gasteiger partial charge in [-0.05, 0) is 25.3 Å². The van der Waals surface area contributed by atoms with Gasteiger partial charge in [-0.2, -0.15) is 0 Å². The van der Waals surface area contributed by atoms with Gasteiger partial charge in [-0.25, -0.2) is 0 Å². The van der Waals surface area contributed by atoms with Crippen molar-refractivity contribution in [2.24, 2.45) is 11.7 Å². The molecule has 0 aromatic rings. The van der Waals surface area contributed by atoms with E-state index in [9.17, 15) is 4.79 Å². The first-order valence-corrected chi connectivity index (χ1v) is 4.84. The molecule has 0 saturated carbocycles. The highest BCUT2D eigenvalue weighted by molar-refractivity contribution is 5.73. The highest BCUT2D eigenvalue weighted by Gasteiger charge is 2.18. The predicted molar refractivity (Wildman–Crippen MR) is 50.1 cm³/mol. The maximum Gasteiger partial charge on any atom is 0.218 e. The smallest absolute Gasteiger partial charge is 0.218 e. The van der Waals surface area contributed by atoms with Crippen molar-refractivity contribution in [3.05, 3.63) is 0 Å². The van der Waals surface area contributed by atoms with Crippen LogP contribution in [-0.4, -0.2) is 42.2 Å². The predicted octanol–water partition coefficient (Wildman–Crippen LogP) is -0.434. The first-order valence-electron chi connectivity index (χ1n) is 4.84. The van der Waals surface area contributed by atoms with Crippen molar-refractivity contribution in [2.75, 3.05) is 26.2 Å². The Kier molecular flexibility index (Phi) is 4.18. The van der Waals surface area contributed by atoms with Crippen LogP contribution in [-0.2, 0) is 4.79 Å². The van der Waals surface area contributed by atoms with Gasteiger partial charge >= 0.3 is 0 Å². The molecule has 4 nitrogen and oxygen atoms in total. The minimum Gasteiger partial charge on any atom is -0.396 e. The molecule has 1 fully saturated rings. The van der Waals surface area contributed by atoms with Gasteiger partial charge in [0.05, 0.1) is 0 Å². The highest BCUT2D eigenvalue weighted by Crippen LogP contribution is 2.15. The largest absolute Gasteiger partial charge is 0.396 e. The van der Waals surface area contributed by atoms with Crippen LogP contribution in [0.4, 0.5) is 0 Å². The van der Waals surface area contributed by atoms with Crippen molar-refractivity contribution in [1.82, 2.24) is 4.90 Å². The van der Waals surface area contributed by atoms with Crippen molar-refractivity contribution in [3.63, 3.8) is 0 Å². The average molecular weight is 186 g/mol. The summed E-state index contributed by atoms with van der Waals surface area (Å²) in [7, 11) is 0. The van der Waals surface area contributed by atoms with Gasteiger partial charge in [0.2, 0.25) is 5.91 Å². The zero-order valence-electron chi connectivity index (χ0n) is 7.91. The average Bonchev–Trinajstić information content (AvgIpc) is 2.15. The molecule has 1 heterocycles. The monoisotopic (exact) mass is 186 g/mol. The summed E-state index contributed by atoms with van der Waals surface area (Å²) < 4.78 is 0. The van der Waals surface area contributed by atoms with Crippen LogP contribution in [0.25, 0.3) is 0 Å². The van der Waals surface area contributed by atoms with E-state index in [-0.39, 0.29) is 12.5 Å². The van der Waals surface area contributed by atoms with Crippen LogP contribution in [0.1, 0.15) is 19.3 Å². The minimum atomic E-state index is -0.244. The molecule has 1 amide bonds. The number of hydrogen-bond acceptors (Lipinski definition) is 3. The Balaban J connectivity index is 2.21. The number of rotatable bonds is 4. The molecule has 3 N–H and O–H groups in total. The fraction of sp³-hybridized carbons (Fsp3) is 0.889.